The highest BCUT2D eigenvalue weighted by atomic mass is 35.5. The maximum absolute atomic E-state index is 6.20. The molecule has 0 amide bonds. The summed E-state index contributed by atoms with van der Waals surface area (Å²) in [7, 11) is 0. The van der Waals surface area contributed by atoms with E-state index in [1.165, 1.54) is 38.5 Å². The minimum atomic E-state index is 0.391. The molecule has 0 spiro atoms. The molecule has 5 rings (SSSR count). The third-order valence-corrected chi connectivity index (χ3v) is 6.79. The van der Waals surface area contributed by atoms with E-state index < -0.39 is 0 Å². The van der Waals surface area contributed by atoms with Crippen molar-refractivity contribution in [3.63, 3.8) is 0 Å². The highest BCUT2D eigenvalue weighted by molar-refractivity contribution is 6.30. The van der Waals surface area contributed by atoms with Gasteiger partial charge in [-0.1, -0.05) is 37.4 Å². The van der Waals surface area contributed by atoms with Gasteiger partial charge in [-0.15, -0.1) is 0 Å². The zero-order valence-corrected chi connectivity index (χ0v) is 18.2. The second-order valence-electron chi connectivity index (χ2n) is 8.88. The summed E-state index contributed by atoms with van der Waals surface area (Å²) in [6.07, 6.45) is 11.6. The second-order valence-corrected chi connectivity index (χ2v) is 9.32. The number of rotatable bonds is 5. The van der Waals surface area contributed by atoms with Gasteiger partial charge in [0.15, 0.2) is 5.65 Å². The Hall–Kier alpha value is -2.34. The van der Waals surface area contributed by atoms with E-state index in [4.69, 9.17) is 21.6 Å². The summed E-state index contributed by atoms with van der Waals surface area (Å²) in [4.78, 5) is 14.3. The van der Waals surface area contributed by atoms with Crippen LogP contribution in [-0.2, 0) is 0 Å². The van der Waals surface area contributed by atoms with Crippen LogP contribution in [0.3, 0.4) is 0 Å². The summed E-state index contributed by atoms with van der Waals surface area (Å²) in [5, 5.41) is 7.72. The highest BCUT2D eigenvalue weighted by Gasteiger charge is 2.26. The van der Waals surface area contributed by atoms with Gasteiger partial charge in [0.1, 0.15) is 5.52 Å². The molecule has 0 unspecified atom stereocenters. The Balaban J connectivity index is 1.52. The third-order valence-electron chi connectivity index (χ3n) is 6.55. The summed E-state index contributed by atoms with van der Waals surface area (Å²) in [6, 6.07) is 8.64. The monoisotopic (exact) mass is 424 g/mol. The lowest BCUT2D eigenvalue weighted by Crippen LogP contribution is -2.19. The van der Waals surface area contributed by atoms with E-state index in [1.807, 2.05) is 30.5 Å². The summed E-state index contributed by atoms with van der Waals surface area (Å²) in [6.45, 7) is 2.35. The minimum Gasteiger partial charge on any atom is -0.351 e. The molecular formula is C23H29ClN6. The smallest absolute Gasteiger partial charge is 0.224 e. The quantitative estimate of drug-likeness (QED) is 0.500. The molecule has 1 aromatic carbocycles. The highest BCUT2D eigenvalue weighted by Crippen LogP contribution is 2.37. The lowest BCUT2D eigenvalue weighted by Gasteiger charge is -2.28. The maximum atomic E-state index is 6.20. The van der Waals surface area contributed by atoms with Crippen LogP contribution in [0.15, 0.2) is 30.5 Å². The number of fused-ring (bicyclic) bond motifs is 1. The summed E-state index contributed by atoms with van der Waals surface area (Å²) < 4.78 is 2.30. The van der Waals surface area contributed by atoms with E-state index in [-0.39, 0.29) is 0 Å². The lowest BCUT2D eigenvalue weighted by molar-refractivity contribution is 0.295. The number of imidazole rings is 1. The van der Waals surface area contributed by atoms with E-state index in [1.54, 1.807) is 0 Å². The molecule has 0 saturated heterocycles. The standard InChI is InChI=1S/C23H29ClN6/c1-15-9-11-19(12-10-15)30-21-20(14-25-22(29-21)26-17-6-2-3-7-17)28-23(30)27-18-8-4-5-16(24)13-18/h4-5,8,13-15,17,19H,2-3,6-7,9-12H2,1H3,(H,27,28)(H,25,26,29). The van der Waals surface area contributed by atoms with Crippen molar-refractivity contribution in [2.24, 2.45) is 5.92 Å². The Morgan fingerprint density at radius 2 is 1.83 bits per heavy atom. The number of anilines is 3. The van der Waals surface area contributed by atoms with Gasteiger partial charge in [0, 0.05) is 22.8 Å². The molecule has 7 heteroatoms. The first-order valence-electron chi connectivity index (χ1n) is 11.2. The predicted octanol–water partition coefficient (Wildman–Crippen LogP) is 6.33. The van der Waals surface area contributed by atoms with Crippen molar-refractivity contribution >= 4 is 40.3 Å². The van der Waals surface area contributed by atoms with Crippen LogP contribution in [0.2, 0.25) is 5.02 Å². The van der Waals surface area contributed by atoms with Gasteiger partial charge in [-0.3, -0.25) is 4.57 Å². The number of halogens is 1. The van der Waals surface area contributed by atoms with Crippen LogP contribution in [0.1, 0.15) is 64.3 Å². The zero-order chi connectivity index (χ0) is 20.5. The Morgan fingerprint density at radius 3 is 2.60 bits per heavy atom. The van der Waals surface area contributed by atoms with Crippen LogP contribution in [0.5, 0.6) is 0 Å². The molecule has 2 aliphatic rings. The van der Waals surface area contributed by atoms with Crippen LogP contribution >= 0.6 is 11.6 Å². The number of aromatic nitrogens is 4. The van der Waals surface area contributed by atoms with Gasteiger partial charge >= 0.3 is 0 Å². The van der Waals surface area contributed by atoms with E-state index in [0.717, 1.165) is 41.6 Å². The Morgan fingerprint density at radius 1 is 1.03 bits per heavy atom. The van der Waals surface area contributed by atoms with Crippen molar-refractivity contribution in [1.29, 1.82) is 0 Å². The molecule has 2 fully saturated rings. The predicted molar refractivity (Wildman–Crippen MR) is 123 cm³/mol. The largest absolute Gasteiger partial charge is 0.351 e. The number of hydrogen-bond donors (Lipinski definition) is 2. The van der Waals surface area contributed by atoms with Crippen LogP contribution in [0, 0.1) is 5.92 Å². The molecule has 0 bridgehead atoms. The number of nitrogens with zero attached hydrogens (tertiary/aromatic N) is 4. The molecular weight excluding hydrogens is 396 g/mol. The number of benzene rings is 1. The van der Waals surface area contributed by atoms with E-state index in [9.17, 15) is 0 Å². The van der Waals surface area contributed by atoms with Crippen LogP contribution in [0.25, 0.3) is 11.2 Å². The van der Waals surface area contributed by atoms with Crippen LogP contribution < -0.4 is 10.6 Å². The molecule has 2 aromatic heterocycles. The SMILES string of the molecule is CC1CCC(n2c(Nc3cccc(Cl)c3)nc3cnc(NC4CCCC4)nc32)CC1. The number of nitrogens with one attached hydrogen (secondary N) is 2. The first kappa shape index (κ1) is 19.6. The molecule has 2 aliphatic carbocycles. The third kappa shape index (κ3) is 4.10. The maximum Gasteiger partial charge on any atom is 0.224 e. The molecule has 0 radical (unpaired) electrons. The van der Waals surface area contributed by atoms with Crippen molar-refractivity contribution in [2.75, 3.05) is 10.6 Å². The topological polar surface area (TPSA) is 67.7 Å². The molecule has 6 nitrogen and oxygen atoms in total. The summed E-state index contributed by atoms with van der Waals surface area (Å²) >= 11 is 6.20. The van der Waals surface area contributed by atoms with E-state index in [0.29, 0.717) is 23.1 Å². The van der Waals surface area contributed by atoms with Crippen molar-refractivity contribution < 1.29 is 0 Å². The fraction of sp³-hybridized carbons (Fsp3) is 0.522. The Labute approximate surface area is 182 Å². The fourth-order valence-electron chi connectivity index (χ4n) is 4.84. The summed E-state index contributed by atoms with van der Waals surface area (Å²) in [5.74, 6) is 2.32. The van der Waals surface area contributed by atoms with Gasteiger partial charge in [-0.05, 0) is 62.6 Å². The second kappa shape index (κ2) is 8.42. The average molecular weight is 425 g/mol. The first-order chi connectivity index (χ1) is 14.7. The van der Waals surface area contributed by atoms with Gasteiger partial charge in [0.2, 0.25) is 11.9 Å². The van der Waals surface area contributed by atoms with Crippen molar-refractivity contribution in [2.45, 2.75) is 70.4 Å². The molecule has 158 valence electrons. The zero-order valence-electron chi connectivity index (χ0n) is 17.4. The Kier molecular flexibility index (Phi) is 5.50. The van der Waals surface area contributed by atoms with Gasteiger partial charge in [-0.2, -0.15) is 4.98 Å². The van der Waals surface area contributed by atoms with Crippen molar-refractivity contribution in [1.82, 2.24) is 19.5 Å². The van der Waals surface area contributed by atoms with Crippen LogP contribution in [-0.4, -0.2) is 25.6 Å². The first-order valence-corrected chi connectivity index (χ1v) is 11.6. The molecule has 2 N–H and O–H groups in total. The van der Waals surface area contributed by atoms with Crippen LogP contribution in [0.4, 0.5) is 17.6 Å². The van der Waals surface area contributed by atoms with Gasteiger partial charge in [0.25, 0.3) is 0 Å². The molecule has 0 aliphatic heterocycles. The fourth-order valence-corrected chi connectivity index (χ4v) is 5.03. The molecule has 2 saturated carbocycles. The Bertz CT molecular complexity index is 1020. The van der Waals surface area contributed by atoms with Gasteiger partial charge in [-0.25, -0.2) is 9.97 Å². The van der Waals surface area contributed by atoms with Crippen molar-refractivity contribution in [3.05, 3.63) is 35.5 Å². The van der Waals surface area contributed by atoms with Crippen molar-refractivity contribution in [3.8, 4) is 0 Å². The summed E-state index contributed by atoms with van der Waals surface area (Å²) in [5.41, 5.74) is 2.67. The minimum absolute atomic E-state index is 0.391. The van der Waals surface area contributed by atoms with Gasteiger partial charge < -0.3 is 10.6 Å². The number of hydrogen-bond acceptors (Lipinski definition) is 5. The lowest BCUT2D eigenvalue weighted by atomic mass is 9.87. The normalized spacial score (nSPS) is 22.5. The van der Waals surface area contributed by atoms with Gasteiger partial charge in [0.05, 0.1) is 6.20 Å². The molecule has 3 aromatic rings. The van der Waals surface area contributed by atoms with E-state index in [2.05, 4.69) is 27.1 Å². The average Bonchev–Trinajstić information content (AvgIpc) is 3.36. The van der Waals surface area contributed by atoms with E-state index >= 15 is 0 Å². The molecule has 2 heterocycles. The molecule has 30 heavy (non-hydrogen) atoms. The molecule has 0 atom stereocenters.